The summed E-state index contributed by atoms with van der Waals surface area (Å²) in [6, 6.07) is 8.43. The van der Waals surface area contributed by atoms with Crippen LogP contribution in [0.3, 0.4) is 0 Å². The van der Waals surface area contributed by atoms with Crippen LogP contribution in [0, 0.1) is 12.7 Å². The van der Waals surface area contributed by atoms with E-state index in [4.69, 9.17) is 10.5 Å². The summed E-state index contributed by atoms with van der Waals surface area (Å²) in [5, 5.41) is 0. The van der Waals surface area contributed by atoms with Gasteiger partial charge in [0.05, 0.1) is 12.1 Å². The van der Waals surface area contributed by atoms with E-state index in [0.29, 0.717) is 36.9 Å². The van der Waals surface area contributed by atoms with E-state index < -0.39 is 42.5 Å². The molecule has 2 fully saturated rings. The number of hydrogen-bond acceptors (Lipinski definition) is 5. The fourth-order valence-electron chi connectivity index (χ4n) is 5.29. The number of halogens is 4. The average molecular weight is 565 g/mol. The summed E-state index contributed by atoms with van der Waals surface area (Å²) in [6.45, 7) is 1.62. The van der Waals surface area contributed by atoms with Crippen LogP contribution in [0.15, 0.2) is 42.5 Å². The van der Waals surface area contributed by atoms with Crippen LogP contribution in [0.2, 0.25) is 0 Å². The number of benzene rings is 2. The van der Waals surface area contributed by atoms with Crippen molar-refractivity contribution in [3.8, 4) is 0 Å². The third kappa shape index (κ3) is 6.72. The van der Waals surface area contributed by atoms with Gasteiger partial charge in [-0.1, -0.05) is 23.8 Å². The third-order valence-electron chi connectivity index (χ3n) is 7.11. The van der Waals surface area contributed by atoms with Crippen molar-refractivity contribution in [2.75, 3.05) is 19.6 Å². The zero-order valence-electron chi connectivity index (χ0n) is 22.1. The molecule has 0 radical (unpaired) electrons. The van der Waals surface area contributed by atoms with Crippen LogP contribution < -0.4 is 5.73 Å². The van der Waals surface area contributed by atoms with E-state index in [-0.39, 0.29) is 43.4 Å². The van der Waals surface area contributed by atoms with Crippen molar-refractivity contribution >= 4 is 17.9 Å². The topological polar surface area (TPSA) is 96.2 Å². The van der Waals surface area contributed by atoms with Gasteiger partial charge in [0.25, 0.3) is 0 Å². The number of hydrogen-bond donors (Lipinski definition) is 1. The number of alkyl halides is 3. The molecular weight excluding hydrogens is 532 g/mol. The van der Waals surface area contributed by atoms with Crippen LogP contribution in [-0.2, 0) is 33.7 Å². The monoisotopic (exact) mass is 564 g/mol. The first-order chi connectivity index (χ1) is 19.0. The van der Waals surface area contributed by atoms with E-state index in [0.717, 1.165) is 12.1 Å². The third-order valence-corrected chi connectivity index (χ3v) is 7.11. The fraction of sp³-hybridized carbons (Fsp3) is 0.464. The molecule has 0 aliphatic carbocycles. The Labute approximate surface area is 229 Å². The lowest BCUT2D eigenvalue weighted by molar-refractivity contribution is -0.169. The van der Waals surface area contributed by atoms with Crippen LogP contribution in [0.4, 0.5) is 22.4 Å². The van der Waals surface area contributed by atoms with Gasteiger partial charge in [-0.25, -0.2) is 9.18 Å². The molecule has 12 heteroatoms. The largest absolute Gasteiger partial charge is 0.444 e. The number of amides is 3. The standard InChI is InChI=1S/C28H32F4N4O4/c1-18-11-20(13-21(12-18)28(30,31)32)17-40-27(39)35-10-8-25(37)36-23(7-2-3-9-33)26(38)34(16-24(35)36)15-19-5-4-6-22(29)14-19/h4-6,11-14,23-24H,2-3,7-10,15-17,33H2,1H3/t23-,24+/m0/s1. The molecule has 3 amide bonds. The minimum atomic E-state index is -4.54. The van der Waals surface area contributed by atoms with Gasteiger partial charge < -0.3 is 20.3 Å². The number of carbonyl (C=O) groups is 3. The number of nitrogens with zero attached hydrogens (tertiary/aromatic N) is 3. The molecule has 0 unspecified atom stereocenters. The van der Waals surface area contributed by atoms with Gasteiger partial charge in [-0.05, 0) is 68.1 Å². The fourth-order valence-corrected chi connectivity index (χ4v) is 5.29. The van der Waals surface area contributed by atoms with Crippen molar-refractivity contribution in [3.05, 3.63) is 70.5 Å². The zero-order valence-corrected chi connectivity index (χ0v) is 22.1. The molecule has 2 saturated heterocycles. The van der Waals surface area contributed by atoms with E-state index in [1.807, 2.05) is 0 Å². The van der Waals surface area contributed by atoms with E-state index >= 15 is 0 Å². The number of ether oxygens (including phenoxy) is 1. The lowest BCUT2D eigenvalue weighted by Gasteiger charge is -2.52. The Kier molecular flexibility index (Phi) is 8.97. The van der Waals surface area contributed by atoms with E-state index in [9.17, 15) is 31.9 Å². The van der Waals surface area contributed by atoms with Gasteiger partial charge in [-0.2, -0.15) is 13.2 Å². The highest BCUT2D eigenvalue weighted by atomic mass is 19.4. The van der Waals surface area contributed by atoms with Gasteiger partial charge in [-0.3, -0.25) is 14.5 Å². The SMILES string of the molecule is Cc1cc(COC(=O)N2CCC(=O)N3[C@@H]2CN(Cc2cccc(F)c2)C(=O)[C@@H]3CCCCN)cc(C(F)(F)F)c1. The number of rotatable bonds is 8. The van der Waals surface area contributed by atoms with Gasteiger partial charge >= 0.3 is 12.3 Å². The second-order valence-electron chi connectivity index (χ2n) is 10.1. The molecular formula is C28H32F4N4O4. The van der Waals surface area contributed by atoms with Crippen LogP contribution in [0.25, 0.3) is 0 Å². The number of unbranched alkanes of at least 4 members (excludes halogenated alkanes) is 1. The van der Waals surface area contributed by atoms with Gasteiger partial charge in [-0.15, -0.1) is 0 Å². The summed E-state index contributed by atoms with van der Waals surface area (Å²) in [5.41, 5.74) is 5.89. The van der Waals surface area contributed by atoms with Gasteiger partial charge in [0.15, 0.2) is 0 Å². The highest BCUT2D eigenvalue weighted by molar-refractivity contribution is 5.90. The minimum Gasteiger partial charge on any atom is -0.444 e. The van der Waals surface area contributed by atoms with Crippen molar-refractivity contribution in [2.45, 2.75) is 64.1 Å². The first kappa shape index (κ1) is 29.3. The molecule has 2 atom stereocenters. The summed E-state index contributed by atoms with van der Waals surface area (Å²) in [5.74, 6) is -1.04. The number of carbonyl (C=O) groups excluding carboxylic acids is 3. The summed E-state index contributed by atoms with van der Waals surface area (Å²) in [7, 11) is 0. The maximum Gasteiger partial charge on any atom is 0.416 e. The molecule has 2 aromatic carbocycles. The van der Waals surface area contributed by atoms with Crippen LogP contribution in [0.1, 0.15) is 47.9 Å². The Morgan fingerprint density at radius 2 is 1.88 bits per heavy atom. The minimum absolute atomic E-state index is 0.0216. The predicted molar refractivity (Wildman–Crippen MR) is 137 cm³/mol. The second kappa shape index (κ2) is 12.2. The van der Waals surface area contributed by atoms with E-state index in [1.165, 1.54) is 45.9 Å². The summed E-state index contributed by atoms with van der Waals surface area (Å²) in [6.07, 6.45) is -4.66. The van der Waals surface area contributed by atoms with Crippen LogP contribution in [0.5, 0.6) is 0 Å². The molecule has 0 bridgehead atoms. The molecule has 2 aromatic rings. The number of fused-ring (bicyclic) bond motifs is 1. The van der Waals surface area contributed by atoms with Crippen molar-refractivity contribution in [1.82, 2.24) is 14.7 Å². The smallest absolute Gasteiger partial charge is 0.416 e. The molecule has 216 valence electrons. The lowest BCUT2D eigenvalue weighted by Crippen LogP contribution is -2.71. The first-order valence-corrected chi connectivity index (χ1v) is 13.1. The van der Waals surface area contributed by atoms with Crippen LogP contribution >= 0.6 is 0 Å². The number of aryl methyl sites for hydroxylation is 1. The molecule has 8 nitrogen and oxygen atoms in total. The Morgan fingerprint density at radius 1 is 1.10 bits per heavy atom. The zero-order chi connectivity index (χ0) is 29.0. The Bertz CT molecular complexity index is 1260. The molecule has 0 aromatic heterocycles. The maximum atomic E-state index is 13.8. The molecule has 4 rings (SSSR count). The van der Waals surface area contributed by atoms with Crippen molar-refractivity contribution in [1.29, 1.82) is 0 Å². The predicted octanol–water partition coefficient (Wildman–Crippen LogP) is 4.19. The van der Waals surface area contributed by atoms with Gasteiger partial charge in [0, 0.05) is 19.5 Å². The highest BCUT2D eigenvalue weighted by Crippen LogP contribution is 2.32. The normalized spacial score (nSPS) is 19.6. The van der Waals surface area contributed by atoms with Crippen molar-refractivity contribution in [2.24, 2.45) is 5.73 Å². The highest BCUT2D eigenvalue weighted by Gasteiger charge is 2.48. The Balaban J connectivity index is 1.56. The molecule has 0 saturated carbocycles. The average Bonchev–Trinajstić information content (AvgIpc) is 2.89. The number of piperazine rings is 1. The molecule has 2 heterocycles. The molecule has 0 spiro atoms. The van der Waals surface area contributed by atoms with Crippen molar-refractivity contribution < 1.29 is 36.7 Å². The van der Waals surface area contributed by atoms with Crippen LogP contribution in [-0.4, -0.2) is 64.4 Å². The number of nitrogens with two attached hydrogens (primary N) is 1. The second-order valence-corrected chi connectivity index (χ2v) is 10.1. The van der Waals surface area contributed by atoms with E-state index in [2.05, 4.69) is 0 Å². The molecule has 2 aliphatic rings. The quantitative estimate of drug-likeness (QED) is 0.383. The summed E-state index contributed by atoms with van der Waals surface area (Å²) in [4.78, 5) is 44.0. The van der Waals surface area contributed by atoms with Crippen molar-refractivity contribution in [3.63, 3.8) is 0 Å². The first-order valence-electron chi connectivity index (χ1n) is 13.1. The Morgan fingerprint density at radius 3 is 2.58 bits per heavy atom. The summed E-state index contributed by atoms with van der Waals surface area (Å²) < 4.78 is 59.0. The van der Waals surface area contributed by atoms with E-state index in [1.54, 1.807) is 6.07 Å². The Hall–Kier alpha value is -3.67. The molecule has 2 N–H and O–H groups in total. The molecule has 40 heavy (non-hydrogen) atoms. The maximum absolute atomic E-state index is 13.8. The molecule has 2 aliphatic heterocycles. The lowest BCUT2D eigenvalue weighted by atomic mass is 9.98. The van der Waals surface area contributed by atoms with Gasteiger partial charge in [0.2, 0.25) is 11.8 Å². The summed E-state index contributed by atoms with van der Waals surface area (Å²) >= 11 is 0. The van der Waals surface area contributed by atoms with Gasteiger partial charge in [0.1, 0.15) is 24.6 Å².